The Labute approximate surface area is 119 Å². The fraction of sp³-hybridized carbons (Fsp3) is 0.933. The number of hydrogen-bond acceptors (Lipinski definition) is 4. The van der Waals surface area contributed by atoms with Crippen molar-refractivity contribution in [1.29, 1.82) is 0 Å². The van der Waals surface area contributed by atoms with Crippen LogP contribution >= 0.6 is 0 Å². The summed E-state index contributed by atoms with van der Waals surface area (Å²) in [6.07, 6.45) is 7.69. The second kappa shape index (κ2) is 12.6. The van der Waals surface area contributed by atoms with Gasteiger partial charge in [-0.2, -0.15) is 0 Å². The van der Waals surface area contributed by atoms with Crippen LogP contribution in [0, 0.1) is 0 Å². The molecule has 0 aromatic carbocycles. The van der Waals surface area contributed by atoms with Crippen molar-refractivity contribution in [1.82, 2.24) is 10.4 Å². The van der Waals surface area contributed by atoms with Gasteiger partial charge in [0, 0.05) is 25.2 Å². The van der Waals surface area contributed by atoms with Gasteiger partial charge in [0.1, 0.15) is 0 Å². The van der Waals surface area contributed by atoms with Crippen molar-refractivity contribution in [3.63, 3.8) is 0 Å². The lowest BCUT2D eigenvalue weighted by molar-refractivity contribution is 0.118. The van der Waals surface area contributed by atoms with E-state index < -0.39 is 0 Å². The molecule has 4 heteroatoms. The maximum Gasteiger partial charge on any atom is 0.0397 e. The Morgan fingerprint density at radius 1 is 1.26 bits per heavy atom. The molecule has 0 aliphatic rings. The lowest BCUT2D eigenvalue weighted by Crippen LogP contribution is -2.47. The minimum atomic E-state index is 0.534. The summed E-state index contributed by atoms with van der Waals surface area (Å²) in [5.74, 6) is 0. The van der Waals surface area contributed by atoms with E-state index in [9.17, 15) is 0 Å². The average Bonchev–Trinajstić information content (AvgIpc) is 2.37. The van der Waals surface area contributed by atoms with Crippen LogP contribution < -0.4 is 11.2 Å². The smallest absolute Gasteiger partial charge is 0.0397 e. The highest BCUT2D eigenvalue weighted by atomic mass is 15.5. The standard InChI is InChI=1S/C15H34N4/c1-5-13-19(14(2)3)18-15(4)9-6-7-11-17-12-8-10-16/h11,14-15,18H,5-10,12-13,16H2,1-4H3/b17-11-. The van der Waals surface area contributed by atoms with Crippen molar-refractivity contribution in [2.75, 3.05) is 19.6 Å². The molecule has 4 nitrogen and oxygen atoms in total. The van der Waals surface area contributed by atoms with Gasteiger partial charge in [0.05, 0.1) is 0 Å². The molecule has 0 spiro atoms. The molecule has 0 aliphatic carbocycles. The van der Waals surface area contributed by atoms with Crippen LogP contribution in [0.2, 0.25) is 0 Å². The summed E-state index contributed by atoms with van der Waals surface area (Å²) >= 11 is 0. The van der Waals surface area contributed by atoms with Crippen molar-refractivity contribution in [3.8, 4) is 0 Å². The van der Waals surface area contributed by atoms with Crippen LogP contribution in [0.4, 0.5) is 0 Å². The second-order valence-corrected chi connectivity index (χ2v) is 5.48. The second-order valence-electron chi connectivity index (χ2n) is 5.48. The van der Waals surface area contributed by atoms with E-state index in [1.54, 1.807) is 0 Å². The van der Waals surface area contributed by atoms with E-state index in [1.165, 1.54) is 19.3 Å². The predicted octanol–water partition coefficient (Wildman–Crippen LogP) is 2.59. The number of nitrogens with one attached hydrogen (secondary N) is 1. The molecule has 114 valence electrons. The summed E-state index contributed by atoms with van der Waals surface area (Å²) in [6, 6.07) is 1.09. The van der Waals surface area contributed by atoms with Crippen molar-refractivity contribution in [2.24, 2.45) is 10.7 Å². The van der Waals surface area contributed by atoms with Gasteiger partial charge in [-0.1, -0.05) is 6.92 Å². The first kappa shape index (κ1) is 18.6. The predicted molar refractivity (Wildman–Crippen MR) is 85.6 cm³/mol. The van der Waals surface area contributed by atoms with Crippen LogP contribution in [0.25, 0.3) is 0 Å². The average molecular weight is 270 g/mol. The Morgan fingerprint density at radius 3 is 2.58 bits per heavy atom. The SMILES string of the molecule is CCCN(NC(C)CCC/C=N\CCCN)C(C)C. The van der Waals surface area contributed by atoms with Gasteiger partial charge in [-0.05, 0) is 65.6 Å². The Hall–Kier alpha value is -0.450. The molecular weight excluding hydrogens is 236 g/mol. The Kier molecular flexibility index (Phi) is 12.3. The molecule has 0 aliphatic heterocycles. The summed E-state index contributed by atoms with van der Waals surface area (Å²) in [5.41, 5.74) is 9.02. The van der Waals surface area contributed by atoms with Crippen LogP contribution in [0.5, 0.6) is 0 Å². The van der Waals surface area contributed by atoms with Crippen LogP contribution in [0.15, 0.2) is 4.99 Å². The van der Waals surface area contributed by atoms with E-state index in [2.05, 4.69) is 49.3 Å². The molecule has 0 fully saturated rings. The van der Waals surface area contributed by atoms with Gasteiger partial charge < -0.3 is 5.73 Å². The molecule has 0 amide bonds. The van der Waals surface area contributed by atoms with Gasteiger partial charge >= 0.3 is 0 Å². The number of hydrogen-bond donors (Lipinski definition) is 2. The highest BCUT2D eigenvalue weighted by Crippen LogP contribution is 2.03. The zero-order valence-electron chi connectivity index (χ0n) is 13.4. The van der Waals surface area contributed by atoms with E-state index in [1.807, 2.05) is 0 Å². The van der Waals surface area contributed by atoms with Gasteiger partial charge in [0.25, 0.3) is 0 Å². The summed E-state index contributed by atoms with van der Waals surface area (Å²) in [6.45, 7) is 11.7. The topological polar surface area (TPSA) is 53.6 Å². The summed E-state index contributed by atoms with van der Waals surface area (Å²) < 4.78 is 0. The van der Waals surface area contributed by atoms with Crippen LogP contribution in [-0.4, -0.2) is 42.9 Å². The highest BCUT2D eigenvalue weighted by molar-refractivity contribution is 5.56. The fourth-order valence-corrected chi connectivity index (χ4v) is 1.94. The molecule has 0 heterocycles. The lowest BCUT2D eigenvalue weighted by atomic mass is 10.1. The highest BCUT2D eigenvalue weighted by Gasteiger charge is 2.10. The summed E-state index contributed by atoms with van der Waals surface area (Å²) in [7, 11) is 0. The molecule has 0 radical (unpaired) electrons. The van der Waals surface area contributed by atoms with Gasteiger partial charge in [0.2, 0.25) is 0 Å². The minimum absolute atomic E-state index is 0.534. The zero-order chi connectivity index (χ0) is 14.5. The quantitative estimate of drug-likeness (QED) is 0.325. The van der Waals surface area contributed by atoms with Crippen LogP contribution in [0.3, 0.4) is 0 Å². The molecular formula is C15H34N4. The largest absolute Gasteiger partial charge is 0.330 e. The third-order valence-electron chi connectivity index (χ3n) is 3.06. The maximum atomic E-state index is 5.42. The number of aliphatic imine (C=N–C) groups is 1. The van der Waals surface area contributed by atoms with E-state index >= 15 is 0 Å². The first-order chi connectivity index (χ1) is 9.11. The molecule has 0 rings (SSSR count). The number of hydrazine groups is 1. The van der Waals surface area contributed by atoms with Gasteiger partial charge in [-0.25, -0.2) is 5.01 Å². The Bertz CT molecular complexity index is 216. The van der Waals surface area contributed by atoms with Crippen LogP contribution in [0.1, 0.15) is 59.8 Å². The summed E-state index contributed by atoms with van der Waals surface area (Å²) in [5, 5.41) is 2.35. The zero-order valence-corrected chi connectivity index (χ0v) is 13.4. The molecule has 0 bridgehead atoms. The maximum absolute atomic E-state index is 5.42. The van der Waals surface area contributed by atoms with E-state index in [-0.39, 0.29) is 0 Å². The van der Waals surface area contributed by atoms with Crippen molar-refractivity contribution in [2.45, 2.75) is 71.9 Å². The van der Waals surface area contributed by atoms with Gasteiger partial charge in [-0.15, -0.1) is 0 Å². The van der Waals surface area contributed by atoms with Crippen molar-refractivity contribution in [3.05, 3.63) is 0 Å². The van der Waals surface area contributed by atoms with Gasteiger partial charge in [0.15, 0.2) is 0 Å². The van der Waals surface area contributed by atoms with E-state index in [0.717, 1.165) is 32.5 Å². The monoisotopic (exact) mass is 270 g/mol. The lowest BCUT2D eigenvalue weighted by Gasteiger charge is -2.30. The third kappa shape index (κ3) is 11.1. The first-order valence-electron chi connectivity index (χ1n) is 7.83. The number of nitrogens with two attached hydrogens (primary N) is 1. The number of rotatable bonds is 12. The normalized spacial score (nSPS) is 13.8. The molecule has 3 N–H and O–H groups in total. The number of unbranched alkanes of at least 4 members (excludes halogenated alkanes) is 1. The third-order valence-corrected chi connectivity index (χ3v) is 3.06. The molecule has 0 aromatic rings. The van der Waals surface area contributed by atoms with E-state index in [0.29, 0.717) is 12.1 Å². The molecule has 19 heavy (non-hydrogen) atoms. The molecule has 0 saturated heterocycles. The van der Waals surface area contributed by atoms with Crippen molar-refractivity contribution >= 4 is 6.21 Å². The first-order valence-corrected chi connectivity index (χ1v) is 7.83. The van der Waals surface area contributed by atoms with Crippen molar-refractivity contribution < 1.29 is 0 Å². The molecule has 0 aromatic heterocycles. The Balaban J connectivity index is 3.67. The molecule has 1 atom stereocenters. The Morgan fingerprint density at radius 2 is 2.00 bits per heavy atom. The minimum Gasteiger partial charge on any atom is -0.330 e. The number of nitrogens with zero attached hydrogens (tertiary/aromatic N) is 2. The van der Waals surface area contributed by atoms with Crippen LogP contribution in [-0.2, 0) is 0 Å². The van der Waals surface area contributed by atoms with Gasteiger partial charge in [-0.3, -0.25) is 10.4 Å². The fourth-order valence-electron chi connectivity index (χ4n) is 1.94. The van der Waals surface area contributed by atoms with E-state index in [4.69, 9.17) is 5.73 Å². The molecule has 1 unspecified atom stereocenters. The molecule has 0 saturated carbocycles. The summed E-state index contributed by atoms with van der Waals surface area (Å²) in [4.78, 5) is 4.34.